The fourth-order valence-corrected chi connectivity index (χ4v) is 1.14. The summed E-state index contributed by atoms with van der Waals surface area (Å²) in [6, 6.07) is 0. The Kier molecular flexibility index (Phi) is 3.43. The Bertz CT molecular complexity index is 91.4. The van der Waals surface area contributed by atoms with E-state index >= 15 is 0 Å². The maximum atomic E-state index is 5.46. The molecule has 0 spiro atoms. The van der Waals surface area contributed by atoms with Gasteiger partial charge in [0, 0.05) is 0 Å². The highest BCUT2D eigenvalue weighted by Gasteiger charge is 2.30. The number of rotatable bonds is 3. The highest BCUT2D eigenvalue weighted by Crippen LogP contribution is 2.28. The molecule has 0 radical (unpaired) electrons. The highest BCUT2D eigenvalue weighted by molar-refractivity contribution is 5.98. The molecule has 0 heterocycles. The van der Waals surface area contributed by atoms with E-state index in [1.807, 2.05) is 0 Å². The molecule has 1 nitrogen and oxygen atoms in total. The summed E-state index contributed by atoms with van der Waals surface area (Å²) in [4.78, 5) is 0. The molecule has 2 heteroatoms. The predicted octanol–water partition coefficient (Wildman–Crippen LogP) is 1.62. The Morgan fingerprint density at radius 1 is 1.10 bits per heavy atom. The van der Waals surface area contributed by atoms with E-state index in [1.54, 1.807) is 8.05 Å². The van der Waals surface area contributed by atoms with Crippen molar-refractivity contribution in [1.82, 2.24) is 0 Å². The summed E-state index contributed by atoms with van der Waals surface area (Å²) in [5.41, 5.74) is 0.0417. The van der Waals surface area contributed by atoms with Crippen LogP contribution in [0.4, 0.5) is 0 Å². The molecule has 0 amide bonds. The quantitative estimate of drug-likeness (QED) is 0.544. The van der Waals surface area contributed by atoms with Crippen LogP contribution in [-0.2, 0) is 4.65 Å². The molecule has 0 aliphatic heterocycles. The molecule has 0 rings (SSSR count). The molecule has 0 aromatic rings. The Labute approximate surface area is 65.6 Å². The lowest BCUT2D eigenvalue weighted by Crippen LogP contribution is -2.39. The van der Waals surface area contributed by atoms with Crippen molar-refractivity contribution in [2.45, 2.75) is 40.2 Å². The van der Waals surface area contributed by atoms with Gasteiger partial charge in [-0.3, -0.25) is 0 Å². The first-order chi connectivity index (χ1) is 4.45. The highest BCUT2D eigenvalue weighted by atomic mass is 16.4. The average molecular weight is 142 g/mol. The normalized spacial score (nSPS) is 13.1. The van der Waals surface area contributed by atoms with E-state index in [0.29, 0.717) is 11.8 Å². The molecular weight excluding hydrogens is 123 g/mol. The van der Waals surface area contributed by atoms with Crippen LogP contribution < -0.4 is 0 Å². The second-order valence-corrected chi connectivity index (χ2v) is 3.70. The van der Waals surface area contributed by atoms with Crippen LogP contribution in [0.1, 0.15) is 34.6 Å². The topological polar surface area (TPSA) is 9.23 Å². The van der Waals surface area contributed by atoms with Gasteiger partial charge >= 0.3 is 0 Å². The van der Waals surface area contributed by atoms with Crippen molar-refractivity contribution in [3.63, 3.8) is 0 Å². The Hall–Kier alpha value is 0.0249. The van der Waals surface area contributed by atoms with E-state index in [0.717, 1.165) is 0 Å². The Balaban J connectivity index is 4.23. The van der Waals surface area contributed by atoms with Crippen molar-refractivity contribution in [3.05, 3.63) is 0 Å². The van der Waals surface area contributed by atoms with Gasteiger partial charge in [0.15, 0.2) is 0 Å². The maximum absolute atomic E-state index is 5.46. The molecule has 0 unspecified atom stereocenters. The van der Waals surface area contributed by atoms with Crippen molar-refractivity contribution in [3.8, 4) is 0 Å². The lowest BCUT2D eigenvalue weighted by Gasteiger charge is -2.37. The number of hydrogen-bond acceptors (Lipinski definition) is 1. The maximum Gasteiger partial charge on any atom is 0.258 e. The van der Waals surface area contributed by atoms with E-state index in [-0.39, 0.29) is 5.60 Å². The second kappa shape index (κ2) is 3.43. The lowest BCUT2D eigenvalue weighted by molar-refractivity contribution is 0.00412. The summed E-state index contributed by atoms with van der Waals surface area (Å²) < 4.78 is 5.46. The van der Waals surface area contributed by atoms with Gasteiger partial charge in [0.1, 0.15) is 0 Å². The molecule has 0 saturated carbocycles. The monoisotopic (exact) mass is 142 g/mol. The third kappa shape index (κ3) is 1.75. The van der Waals surface area contributed by atoms with Gasteiger partial charge in [0.05, 0.1) is 5.60 Å². The van der Waals surface area contributed by atoms with E-state index < -0.39 is 0 Å². The third-order valence-corrected chi connectivity index (χ3v) is 2.73. The van der Waals surface area contributed by atoms with Gasteiger partial charge in [0.25, 0.3) is 8.05 Å². The van der Waals surface area contributed by atoms with Crippen molar-refractivity contribution in [2.75, 3.05) is 0 Å². The van der Waals surface area contributed by atoms with Crippen molar-refractivity contribution >= 4 is 8.05 Å². The van der Waals surface area contributed by atoms with E-state index in [1.165, 1.54) is 0 Å². The molecule has 0 bridgehead atoms. The Morgan fingerprint density at radius 3 is 1.40 bits per heavy atom. The largest absolute Gasteiger partial charge is 0.438 e. The van der Waals surface area contributed by atoms with Crippen LogP contribution in [0, 0.1) is 11.8 Å². The van der Waals surface area contributed by atoms with Gasteiger partial charge in [-0.05, 0) is 18.8 Å². The molecule has 0 aliphatic rings. The van der Waals surface area contributed by atoms with Crippen LogP contribution in [0.25, 0.3) is 0 Å². The molecule has 60 valence electrons. The second-order valence-electron chi connectivity index (χ2n) is 3.70. The van der Waals surface area contributed by atoms with Gasteiger partial charge in [0.2, 0.25) is 0 Å². The molecule has 0 atom stereocenters. The van der Waals surface area contributed by atoms with Crippen LogP contribution in [0.2, 0.25) is 0 Å². The van der Waals surface area contributed by atoms with Gasteiger partial charge in [-0.25, -0.2) is 0 Å². The fourth-order valence-electron chi connectivity index (χ4n) is 1.14. The molecule has 0 aromatic heterocycles. The standard InChI is InChI=1S/C8H19BO/c1-6(2)8(5,10-9)7(3)4/h6-7H,9H2,1-5H3. The van der Waals surface area contributed by atoms with E-state index in [2.05, 4.69) is 34.6 Å². The SMILES string of the molecule is BOC(C)(C(C)C)C(C)C. The van der Waals surface area contributed by atoms with Crippen molar-refractivity contribution in [2.24, 2.45) is 11.8 Å². The van der Waals surface area contributed by atoms with E-state index in [9.17, 15) is 0 Å². The molecular formula is C8H19BO. The van der Waals surface area contributed by atoms with Crippen LogP contribution in [0.3, 0.4) is 0 Å². The minimum Gasteiger partial charge on any atom is -0.438 e. The zero-order valence-corrected chi connectivity index (χ0v) is 8.06. The summed E-state index contributed by atoms with van der Waals surface area (Å²) in [7, 11) is 1.79. The smallest absolute Gasteiger partial charge is 0.258 e. The van der Waals surface area contributed by atoms with Gasteiger partial charge in [-0.2, -0.15) is 0 Å². The van der Waals surface area contributed by atoms with E-state index in [4.69, 9.17) is 4.65 Å². The van der Waals surface area contributed by atoms with Crippen molar-refractivity contribution in [1.29, 1.82) is 0 Å². The summed E-state index contributed by atoms with van der Waals surface area (Å²) >= 11 is 0. The Morgan fingerprint density at radius 2 is 1.40 bits per heavy atom. The number of hydrogen-bond donors (Lipinski definition) is 0. The molecule has 0 N–H and O–H groups in total. The average Bonchev–Trinajstić information content (AvgIpc) is 1.85. The first kappa shape index (κ1) is 10.0. The van der Waals surface area contributed by atoms with Gasteiger partial charge in [-0.15, -0.1) is 0 Å². The molecule has 0 saturated heterocycles. The molecule has 0 aromatic carbocycles. The van der Waals surface area contributed by atoms with Crippen LogP contribution in [0.15, 0.2) is 0 Å². The first-order valence-electron chi connectivity index (χ1n) is 4.00. The first-order valence-corrected chi connectivity index (χ1v) is 4.00. The minimum absolute atomic E-state index is 0.0417. The third-order valence-electron chi connectivity index (χ3n) is 2.73. The van der Waals surface area contributed by atoms with Crippen LogP contribution >= 0.6 is 0 Å². The molecule has 10 heavy (non-hydrogen) atoms. The molecule has 0 fully saturated rings. The minimum atomic E-state index is 0.0417. The fraction of sp³-hybridized carbons (Fsp3) is 1.00. The predicted molar refractivity (Wildman–Crippen MR) is 47.7 cm³/mol. The van der Waals surface area contributed by atoms with Crippen LogP contribution in [0.5, 0.6) is 0 Å². The van der Waals surface area contributed by atoms with Crippen molar-refractivity contribution < 1.29 is 4.65 Å². The zero-order valence-electron chi connectivity index (χ0n) is 8.06. The summed E-state index contributed by atoms with van der Waals surface area (Å²) in [6.45, 7) is 11.0. The molecule has 0 aliphatic carbocycles. The lowest BCUT2D eigenvalue weighted by atomic mass is 9.81. The van der Waals surface area contributed by atoms with Gasteiger partial charge < -0.3 is 4.65 Å². The summed E-state index contributed by atoms with van der Waals surface area (Å²) in [5, 5.41) is 0. The summed E-state index contributed by atoms with van der Waals surface area (Å²) in [6.07, 6.45) is 0. The van der Waals surface area contributed by atoms with Crippen LogP contribution in [-0.4, -0.2) is 13.7 Å². The summed E-state index contributed by atoms with van der Waals surface area (Å²) in [5.74, 6) is 1.16. The zero-order chi connectivity index (χ0) is 8.36. The van der Waals surface area contributed by atoms with Gasteiger partial charge in [-0.1, -0.05) is 27.7 Å².